The molecule has 5 nitrogen and oxygen atoms in total. The van der Waals surface area contributed by atoms with Crippen molar-refractivity contribution in [3.63, 3.8) is 0 Å². The van der Waals surface area contributed by atoms with Crippen LogP contribution in [-0.2, 0) is 6.42 Å². The van der Waals surface area contributed by atoms with Crippen molar-refractivity contribution in [1.82, 2.24) is 10.3 Å². The van der Waals surface area contributed by atoms with Gasteiger partial charge in [0.2, 0.25) is 0 Å². The first-order chi connectivity index (χ1) is 9.69. The number of methoxy groups -OCH3 is 1. The van der Waals surface area contributed by atoms with E-state index < -0.39 is 0 Å². The van der Waals surface area contributed by atoms with Gasteiger partial charge in [-0.3, -0.25) is 5.32 Å². The fraction of sp³-hybridized carbons (Fsp3) is 0.286. The van der Waals surface area contributed by atoms with E-state index in [1.54, 1.807) is 7.11 Å². The van der Waals surface area contributed by atoms with E-state index >= 15 is 0 Å². The van der Waals surface area contributed by atoms with Gasteiger partial charge in [-0.25, -0.2) is 9.78 Å². The fourth-order valence-electron chi connectivity index (χ4n) is 1.77. The van der Waals surface area contributed by atoms with Crippen LogP contribution in [0.3, 0.4) is 0 Å². The number of hydrogen-bond acceptors (Lipinski definition) is 4. The van der Waals surface area contributed by atoms with Crippen LogP contribution in [0, 0.1) is 6.92 Å². The molecule has 2 aromatic rings. The minimum absolute atomic E-state index is 0.241. The summed E-state index contributed by atoms with van der Waals surface area (Å²) in [6, 6.07) is 7.54. The van der Waals surface area contributed by atoms with Crippen LogP contribution in [0.1, 0.15) is 11.3 Å². The molecule has 106 valence electrons. The molecule has 0 spiro atoms. The maximum atomic E-state index is 11.7. The SMILES string of the molecule is COc1ccccc1CCNC(=O)Nc1nc(C)cs1. The zero-order chi connectivity index (χ0) is 14.4. The van der Waals surface area contributed by atoms with Gasteiger partial charge in [-0.05, 0) is 25.0 Å². The number of anilines is 1. The van der Waals surface area contributed by atoms with E-state index in [-0.39, 0.29) is 6.03 Å². The summed E-state index contributed by atoms with van der Waals surface area (Å²) in [5.41, 5.74) is 1.97. The van der Waals surface area contributed by atoms with E-state index in [1.165, 1.54) is 11.3 Å². The van der Waals surface area contributed by atoms with Gasteiger partial charge < -0.3 is 10.1 Å². The van der Waals surface area contributed by atoms with E-state index in [0.717, 1.165) is 17.0 Å². The zero-order valence-corrected chi connectivity index (χ0v) is 12.3. The Kier molecular flexibility index (Phi) is 4.95. The summed E-state index contributed by atoms with van der Waals surface area (Å²) >= 11 is 1.41. The fourth-order valence-corrected chi connectivity index (χ4v) is 2.46. The van der Waals surface area contributed by atoms with Crippen LogP contribution in [-0.4, -0.2) is 24.7 Å². The number of aromatic nitrogens is 1. The average Bonchev–Trinajstić information content (AvgIpc) is 2.84. The Hall–Kier alpha value is -2.08. The van der Waals surface area contributed by atoms with Crippen LogP contribution in [0.15, 0.2) is 29.6 Å². The van der Waals surface area contributed by atoms with Gasteiger partial charge in [0.1, 0.15) is 5.75 Å². The Bertz CT molecular complexity index is 583. The van der Waals surface area contributed by atoms with Gasteiger partial charge >= 0.3 is 6.03 Å². The number of urea groups is 1. The van der Waals surface area contributed by atoms with Crippen molar-refractivity contribution in [2.45, 2.75) is 13.3 Å². The molecule has 0 radical (unpaired) electrons. The van der Waals surface area contributed by atoms with E-state index in [9.17, 15) is 4.79 Å². The van der Waals surface area contributed by atoms with Crippen LogP contribution >= 0.6 is 11.3 Å². The Morgan fingerprint density at radius 2 is 2.20 bits per heavy atom. The van der Waals surface area contributed by atoms with E-state index in [4.69, 9.17) is 4.74 Å². The number of nitrogens with zero attached hydrogens (tertiary/aromatic N) is 1. The normalized spacial score (nSPS) is 10.1. The van der Waals surface area contributed by atoms with Crippen molar-refractivity contribution in [2.24, 2.45) is 0 Å². The minimum atomic E-state index is -0.241. The molecule has 0 saturated heterocycles. The smallest absolute Gasteiger partial charge is 0.321 e. The second-order valence-electron chi connectivity index (χ2n) is 4.24. The standard InChI is InChI=1S/C14H17N3O2S/c1-10-9-20-14(16-10)17-13(18)15-8-7-11-5-3-4-6-12(11)19-2/h3-6,9H,7-8H2,1-2H3,(H2,15,16,17,18). The number of benzene rings is 1. The van der Waals surface area contributed by atoms with Gasteiger partial charge in [-0.2, -0.15) is 0 Å². The number of para-hydroxylation sites is 1. The van der Waals surface area contributed by atoms with Crippen LogP contribution in [0.4, 0.5) is 9.93 Å². The van der Waals surface area contributed by atoms with Gasteiger partial charge in [0.25, 0.3) is 0 Å². The molecule has 2 amide bonds. The molecule has 0 aliphatic heterocycles. The van der Waals surface area contributed by atoms with Crippen molar-refractivity contribution < 1.29 is 9.53 Å². The summed E-state index contributed by atoms with van der Waals surface area (Å²) in [5, 5.41) is 8.01. The van der Waals surface area contributed by atoms with E-state index in [0.29, 0.717) is 18.1 Å². The van der Waals surface area contributed by atoms with Crippen molar-refractivity contribution >= 4 is 22.5 Å². The third-order valence-corrected chi connectivity index (χ3v) is 3.59. The maximum absolute atomic E-state index is 11.7. The molecule has 1 aromatic heterocycles. The second kappa shape index (κ2) is 6.91. The number of carbonyl (C=O) groups is 1. The summed E-state index contributed by atoms with van der Waals surface area (Å²) in [5.74, 6) is 0.838. The molecular formula is C14H17N3O2S. The van der Waals surface area contributed by atoms with Crippen molar-refractivity contribution in [1.29, 1.82) is 0 Å². The molecule has 0 fully saturated rings. The molecule has 0 bridgehead atoms. The van der Waals surface area contributed by atoms with Gasteiger partial charge in [0, 0.05) is 11.9 Å². The third kappa shape index (κ3) is 3.96. The largest absolute Gasteiger partial charge is 0.496 e. The highest BCUT2D eigenvalue weighted by Gasteiger charge is 2.05. The number of carbonyl (C=O) groups excluding carboxylic acids is 1. The second-order valence-corrected chi connectivity index (χ2v) is 5.09. The lowest BCUT2D eigenvalue weighted by atomic mass is 10.1. The van der Waals surface area contributed by atoms with Crippen LogP contribution in [0.25, 0.3) is 0 Å². The number of hydrogen-bond donors (Lipinski definition) is 2. The molecule has 2 N–H and O–H groups in total. The van der Waals surface area contributed by atoms with Crippen LogP contribution < -0.4 is 15.4 Å². The lowest BCUT2D eigenvalue weighted by molar-refractivity contribution is 0.252. The van der Waals surface area contributed by atoms with Crippen molar-refractivity contribution in [3.05, 3.63) is 40.9 Å². The number of thiazole rings is 1. The quantitative estimate of drug-likeness (QED) is 0.890. The summed E-state index contributed by atoms with van der Waals surface area (Å²) in [6.07, 6.45) is 0.717. The van der Waals surface area contributed by atoms with Gasteiger partial charge in [-0.15, -0.1) is 11.3 Å². The summed E-state index contributed by atoms with van der Waals surface area (Å²) in [7, 11) is 1.64. The molecular weight excluding hydrogens is 274 g/mol. The number of nitrogens with one attached hydrogen (secondary N) is 2. The van der Waals surface area contributed by atoms with Crippen LogP contribution in [0.5, 0.6) is 5.75 Å². The third-order valence-electron chi connectivity index (χ3n) is 2.71. The highest BCUT2D eigenvalue weighted by molar-refractivity contribution is 7.13. The predicted molar refractivity (Wildman–Crippen MR) is 80.6 cm³/mol. The topological polar surface area (TPSA) is 63.2 Å². The predicted octanol–water partition coefficient (Wildman–Crippen LogP) is 2.82. The molecule has 1 heterocycles. The first-order valence-corrected chi connectivity index (χ1v) is 7.16. The number of amides is 2. The highest BCUT2D eigenvalue weighted by atomic mass is 32.1. The first kappa shape index (κ1) is 14.3. The summed E-state index contributed by atoms with van der Waals surface area (Å²) in [4.78, 5) is 15.9. The Morgan fingerprint density at radius 1 is 1.40 bits per heavy atom. The molecule has 0 aliphatic carbocycles. The highest BCUT2D eigenvalue weighted by Crippen LogP contribution is 2.17. The molecule has 1 aromatic carbocycles. The van der Waals surface area contributed by atoms with Crippen LogP contribution in [0.2, 0.25) is 0 Å². The van der Waals surface area contributed by atoms with Crippen molar-refractivity contribution in [2.75, 3.05) is 19.0 Å². The summed E-state index contributed by atoms with van der Waals surface area (Å²) in [6.45, 7) is 2.43. The zero-order valence-electron chi connectivity index (χ0n) is 11.5. The van der Waals surface area contributed by atoms with Gasteiger partial charge in [0.05, 0.1) is 12.8 Å². The van der Waals surface area contributed by atoms with Gasteiger partial charge in [0.15, 0.2) is 5.13 Å². The number of aryl methyl sites for hydroxylation is 1. The summed E-state index contributed by atoms with van der Waals surface area (Å²) < 4.78 is 5.26. The molecule has 0 aliphatic rings. The molecule has 0 saturated carbocycles. The van der Waals surface area contributed by atoms with E-state index in [2.05, 4.69) is 15.6 Å². The molecule has 2 rings (SSSR count). The van der Waals surface area contributed by atoms with Gasteiger partial charge in [-0.1, -0.05) is 18.2 Å². The Balaban J connectivity index is 1.79. The molecule has 0 unspecified atom stereocenters. The minimum Gasteiger partial charge on any atom is -0.496 e. The number of ether oxygens (including phenoxy) is 1. The molecule has 0 atom stereocenters. The molecule has 6 heteroatoms. The molecule has 20 heavy (non-hydrogen) atoms. The maximum Gasteiger partial charge on any atom is 0.321 e. The monoisotopic (exact) mass is 291 g/mol. The Labute approximate surface area is 122 Å². The average molecular weight is 291 g/mol. The first-order valence-electron chi connectivity index (χ1n) is 6.28. The number of rotatable bonds is 5. The lowest BCUT2D eigenvalue weighted by Gasteiger charge is -2.09. The Morgan fingerprint density at radius 3 is 2.90 bits per heavy atom. The lowest BCUT2D eigenvalue weighted by Crippen LogP contribution is -2.30. The van der Waals surface area contributed by atoms with Crippen molar-refractivity contribution in [3.8, 4) is 5.75 Å². The van der Waals surface area contributed by atoms with E-state index in [1.807, 2.05) is 36.6 Å².